The zero-order chi connectivity index (χ0) is 8.43. The summed E-state index contributed by atoms with van der Waals surface area (Å²) in [6.45, 7) is 1.82. The maximum Gasteiger partial charge on any atom is 0.252 e. The second-order valence-electron chi connectivity index (χ2n) is 2.38. The number of carbonyl (C=O) groups is 1. The van der Waals surface area contributed by atoms with Gasteiger partial charge in [-0.25, -0.2) is 0 Å². The minimum atomic E-state index is -0.609. The molecular weight excluding hydrogens is 142 g/mol. The lowest BCUT2D eigenvalue weighted by Crippen LogP contribution is -2.10. The predicted octanol–water partition coefficient (Wildman–Crippen LogP) is 0.800. The van der Waals surface area contributed by atoms with E-state index < -0.39 is 5.91 Å². The summed E-state index contributed by atoms with van der Waals surface area (Å²) in [7, 11) is 0. The topological polar surface area (TPSA) is 63.3 Å². The standard InChI is InChI=1S/C8H9NO2/c1-5-2-3-6(8(9)11)7(10)4-5/h2-4,10H,1H3,(H2,9,11). The molecule has 1 rings (SSSR count). The van der Waals surface area contributed by atoms with E-state index in [0.717, 1.165) is 5.56 Å². The van der Waals surface area contributed by atoms with Gasteiger partial charge < -0.3 is 10.8 Å². The van der Waals surface area contributed by atoms with Crippen LogP contribution in [-0.2, 0) is 0 Å². The first-order valence-electron chi connectivity index (χ1n) is 3.20. The Kier molecular flexibility index (Phi) is 1.81. The fourth-order valence-electron chi connectivity index (χ4n) is 0.850. The average molecular weight is 151 g/mol. The van der Waals surface area contributed by atoms with Crippen LogP contribution in [0.2, 0.25) is 0 Å². The van der Waals surface area contributed by atoms with E-state index in [1.807, 2.05) is 6.92 Å². The summed E-state index contributed by atoms with van der Waals surface area (Å²) < 4.78 is 0. The van der Waals surface area contributed by atoms with E-state index >= 15 is 0 Å². The molecule has 11 heavy (non-hydrogen) atoms. The first-order valence-corrected chi connectivity index (χ1v) is 3.20. The van der Waals surface area contributed by atoms with Crippen molar-refractivity contribution in [2.75, 3.05) is 0 Å². The number of rotatable bonds is 1. The Bertz CT molecular complexity index is 294. The zero-order valence-electron chi connectivity index (χ0n) is 6.16. The molecule has 3 heteroatoms. The van der Waals surface area contributed by atoms with Crippen molar-refractivity contribution in [3.05, 3.63) is 29.3 Å². The third kappa shape index (κ3) is 1.49. The van der Waals surface area contributed by atoms with Gasteiger partial charge in [0.05, 0.1) is 5.56 Å². The van der Waals surface area contributed by atoms with Gasteiger partial charge >= 0.3 is 0 Å². The van der Waals surface area contributed by atoms with Gasteiger partial charge in [0.15, 0.2) is 0 Å². The van der Waals surface area contributed by atoms with E-state index in [1.54, 1.807) is 6.07 Å². The molecule has 0 aromatic heterocycles. The second kappa shape index (κ2) is 2.62. The Morgan fingerprint density at radius 1 is 1.55 bits per heavy atom. The third-order valence-electron chi connectivity index (χ3n) is 1.42. The first-order chi connectivity index (χ1) is 5.11. The van der Waals surface area contributed by atoms with Crippen molar-refractivity contribution in [3.63, 3.8) is 0 Å². The monoisotopic (exact) mass is 151 g/mol. The van der Waals surface area contributed by atoms with E-state index in [1.165, 1.54) is 12.1 Å². The largest absolute Gasteiger partial charge is 0.507 e. The highest BCUT2D eigenvalue weighted by atomic mass is 16.3. The van der Waals surface area contributed by atoms with Crippen molar-refractivity contribution in [1.29, 1.82) is 0 Å². The van der Waals surface area contributed by atoms with E-state index in [0.29, 0.717) is 0 Å². The van der Waals surface area contributed by atoms with Crippen molar-refractivity contribution < 1.29 is 9.90 Å². The van der Waals surface area contributed by atoms with Crippen LogP contribution in [0, 0.1) is 6.92 Å². The molecule has 0 spiro atoms. The number of aromatic hydroxyl groups is 1. The molecule has 0 saturated heterocycles. The van der Waals surface area contributed by atoms with Gasteiger partial charge in [-0.15, -0.1) is 0 Å². The Hall–Kier alpha value is -1.51. The molecule has 0 unspecified atom stereocenters. The van der Waals surface area contributed by atoms with Crippen LogP contribution < -0.4 is 5.73 Å². The summed E-state index contributed by atoms with van der Waals surface area (Å²) in [4.78, 5) is 10.6. The van der Waals surface area contributed by atoms with Crippen LogP contribution in [0.15, 0.2) is 18.2 Å². The molecule has 1 amide bonds. The van der Waals surface area contributed by atoms with Gasteiger partial charge in [-0.2, -0.15) is 0 Å². The van der Waals surface area contributed by atoms with Crippen molar-refractivity contribution in [2.24, 2.45) is 5.73 Å². The lowest BCUT2D eigenvalue weighted by molar-refractivity contribution is 0.0998. The molecule has 0 heterocycles. The Labute approximate surface area is 64.5 Å². The van der Waals surface area contributed by atoms with Gasteiger partial charge in [0.1, 0.15) is 5.75 Å². The normalized spacial score (nSPS) is 9.55. The van der Waals surface area contributed by atoms with Crippen molar-refractivity contribution >= 4 is 5.91 Å². The fraction of sp³-hybridized carbons (Fsp3) is 0.125. The van der Waals surface area contributed by atoms with Gasteiger partial charge in [0.25, 0.3) is 5.91 Å². The summed E-state index contributed by atoms with van der Waals surface area (Å²) in [6.07, 6.45) is 0. The van der Waals surface area contributed by atoms with Crippen LogP contribution in [0.5, 0.6) is 5.75 Å². The van der Waals surface area contributed by atoms with Gasteiger partial charge in [0, 0.05) is 0 Å². The molecule has 0 aliphatic heterocycles. The zero-order valence-corrected chi connectivity index (χ0v) is 6.16. The summed E-state index contributed by atoms with van der Waals surface area (Å²) in [6, 6.07) is 4.73. The number of benzene rings is 1. The SMILES string of the molecule is Cc1ccc(C(N)=O)c(O)c1. The minimum Gasteiger partial charge on any atom is -0.507 e. The van der Waals surface area contributed by atoms with Crippen LogP contribution >= 0.6 is 0 Å². The first kappa shape index (κ1) is 7.60. The maximum atomic E-state index is 10.6. The molecular formula is C8H9NO2. The van der Waals surface area contributed by atoms with Gasteiger partial charge in [-0.3, -0.25) is 4.79 Å². The number of hydrogen-bond donors (Lipinski definition) is 2. The van der Waals surface area contributed by atoms with Crippen molar-refractivity contribution in [3.8, 4) is 5.75 Å². The molecule has 3 nitrogen and oxygen atoms in total. The van der Waals surface area contributed by atoms with Crippen LogP contribution in [0.4, 0.5) is 0 Å². The van der Waals surface area contributed by atoms with Gasteiger partial charge in [-0.1, -0.05) is 6.07 Å². The Balaban J connectivity index is 3.20. The number of nitrogens with two attached hydrogens (primary N) is 1. The molecule has 0 atom stereocenters. The highest BCUT2D eigenvalue weighted by Crippen LogP contribution is 2.17. The number of amides is 1. The molecule has 3 N–H and O–H groups in total. The molecule has 0 radical (unpaired) electrons. The second-order valence-corrected chi connectivity index (χ2v) is 2.38. The van der Waals surface area contributed by atoms with Crippen molar-refractivity contribution in [2.45, 2.75) is 6.92 Å². The molecule has 58 valence electrons. The maximum absolute atomic E-state index is 10.6. The summed E-state index contributed by atoms with van der Waals surface area (Å²) in [5.74, 6) is -0.667. The molecule has 1 aromatic rings. The number of carbonyl (C=O) groups excluding carboxylic acids is 1. The van der Waals surface area contributed by atoms with E-state index in [9.17, 15) is 4.79 Å². The lowest BCUT2D eigenvalue weighted by atomic mass is 10.1. The Morgan fingerprint density at radius 2 is 2.18 bits per heavy atom. The quantitative estimate of drug-likeness (QED) is 0.623. The molecule has 0 bridgehead atoms. The Morgan fingerprint density at radius 3 is 2.64 bits per heavy atom. The molecule has 0 saturated carbocycles. The molecule has 0 aliphatic rings. The number of primary amides is 1. The van der Waals surface area contributed by atoms with E-state index in [-0.39, 0.29) is 11.3 Å². The highest BCUT2D eigenvalue weighted by molar-refractivity contribution is 5.95. The average Bonchev–Trinajstić information content (AvgIpc) is 1.85. The van der Waals surface area contributed by atoms with Gasteiger partial charge in [0.2, 0.25) is 0 Å². The van der Waals surface area contributed by atoms with Crippen LogP contribution in [-0.4, -0.2) is 11.0 Å². The predicted molar refractivity (Wildman–Crippen MR) is 41.4 cm³/mol. The van der Waals surface area contributed by atoms with Crippen molar-refractivity contribution in [1.82, 2.24) is 0 Å². The fourth-order valence-corrected chi connectivity index (χ4v) is 0.850. The number of phenols is 1. The van der Waals surface area contributed by atoms with Crippen LogP contribution in [0.3, 0.4) is 0 Å². The molecule has 1 aromatic carbocycles. The number of hydrogen-bond acceptors (Lipinski definition) is 2. The molecule has 0 fully saturated rings. The molecule has 0 aliphatic carbocycles. The van der Waals surface area contributed by atoms with E-state index in [4.69, 9.17) is 10.8 Å². The van der Waals surface area contributed by atoms with E-state index in [2.05, 4.69) is 0 Å². The van der Waals surface area contributed by atoms with Gasteiger partial charge in [-0.05, 0) is 24.6 Å². The van der Waals surface area contributed by atoms with Crippen LogP contribution in [0.25, 0.3) is 0 Å². The summed E-state index contributed by atoms with van der Waals surface area (Å²) >= 11 is 0. The lowest BCUT2D eigenvalue weighted by Gasteiger charge is -1.99. The number of aryl methyl sites for hydroxylation is 1. The smallest absolute Gasteiger partial charge is 0.252 e. The summed E-state index contributed by atoms with van der Waals surface area (Å²) in [5.41, 5.74) is 6.02. The third-order valence-corrected chi connectivity index (χ3v) is 1.42. The highest BCUT2D eigenvalue weighted by Gasteiger charge is 2.05. The summed E-state index contributed by atoms with van der Waals surface area (Å²) in [5, 5.41) is 9.16. The van der Waals surface area contributed by atoms with Crippen LogP contribution in [0.1, 0.15) is 15.9 Å². The minimum absolute atomic E-state index is 0.0579.